The molecule has 0 saturated carbocycles. The number of hydrogen-bond donors (Lipinski definition) is 2. The van der Waals surface area contributed by atoms with Gasteiger partial charge in [-0.05, 0) is 18.9 Å². The second kappa shape index (κ2) is 8.61. The van der Waals surface area contributed by atoms with Crippen molar-refractivity contribution in [3.63, 3.8) is 0 Å². The van der Waals surface area contributed by atoms with Crippen LogP contribution in [0.4, 0.5) is 5.13 Å². The normalized spacial score (nSPS) is 19.5. The molecule has 1 saturated heterocycles. The van der Waals surface area contributed by atoms with Gasteiger partial charge >= 0.3 is 0 Å². The highest BCUT2D eigenvalue weighted by molar-refractivity contribution is 7.13. The van der Waals surface area contributed by atoms with E-state index in [1.165, 1.54) is 23.5 Å². The molecule has 2 aliphatic heterocycles. The van der Waals surface area contributed by atoms with E-state index in [2.05, 4.69) is 38.0 Å². The number of nitrogens with one attached hydrogen (secondary N) is 2. The van der Waals surface area contributed by atoms with Crippen molar-refractivity contribution in [2.75, 3.05) is 38.2 Å². The SMILES string of the molecule is CN=C(NCCc1csc(N2CCCC2)n1)NC1CCOc2ccccc21. The minimum Gasteiger partial charge on any atom is -0.493 e. The molecule has 0 radical (unpaired) electrons. The first-order valence-corrected chi connectivity index (χ1v) is 10.6. The van der Waals surface area contributed by atoms with Gasteiger partial charge < -0.3 is 20.3 Å². The zero-order valence-electron chi connectivity index (χ0n) is 15.8. The average Bonchev–Trinajstić information content (AvgIpc) is 3.39. The molecular formula is C20H27N5OS. The maximum absolute atomic E-state index is 5.74. The highest BCUT2D eigenvalue weighted by Gasteiger charge is 2.21. The van der Waals surface area contributed by atoms with Gasteiger partial charge in [-0.15, -0.1) is 11.3 Å². The van der Waals surface area contributed by atoms with Crippen LogP contribution >= 0.6 is 11.3 Å². The standard InChI is InChI=1S/C20H27N5OS/c1-21-19(24-17-9-13-26-18-7-3-2-6-16(17)18)22-10-8-15-14-27-20(23-15)25-11-4-5-12-25/h2-3,6-7,14,17H,4-5,8-13H2,1H3,(H2,21,22,24). The molecule has 1 aromatic heterocycles. The number of hydrogen-bond acceptors (Lipinski definition) is 5. The summed E-state index contributed by atoms with van der Waals surface area (Å²) in [7, 11) is 1.81. The summed E-state index contributed by atoms with van der Waals surface area (Å²) in [6.45, 7) is 3.83. The number of aliphatic imine (C=N–C) groups is 1. The monoisotopic (exact) mass is 385 g/mol. The number of anilines is 1. The largest absolute Gasteiger partial charge is 0.493 e. The first-order valence-electron chi connectivity index (χ1n) is 9.72. The molecule has 0 aliphatic carbocycles. The number of thiazole rings is 1. The van der Waals surface area contributed by atoms with Crippen molar-refractivity contribution < 1.29 is 4.74 Å². The van der Waals surface area contributed by atoms with Gasteiger partial charge in [-0.25, -0.2) is 4.98 Å². The van der Waals surface area contributed by atoms with Gasteiger partial charge in [0.1, 0.15) is 5.75 Å². The van der Waals surface area contributed by atoms with E-state index < -0.39 is 0 Å². The van der Waals surface area contributed by atoms with Crippen LogP contribution < -0.4 is 20.3 Å². The summed E-state index contributed by atoms with van der Waals surface area (Å²) in [6.07, 6.45) is 4.40. The Kier molecular flexibility index (Phi) is 5.77. The molecule has 27 heavy (non-hydrogen) atoms. The number of benzene rings is 1. The average molecular weight is 386 g/mol. The number of rotatable bonds is 5. The summed E-state index contributed by atoms with van der Waals surface area (Å²) < 4.78 is 5.74. The number of ether oxygens (including phenoxy) is 1. The number of para-hydroxylation sites is 1. The summed E-state index contributed by atoms with van der Waals surface area (Å²) in [5, 5.41) is 10.3. The predicted octanol–water partition coefficient (Wildman–Crippen LogP) is 2.97. The van der Waals surface area contributed by atoms with E-state index in [9.17, 15) is 0 Å². The Morgan fingerprint density at radius 2 is 2.19 bits per heavy atom. The fourth-order valence-electron chi connectivity index (χ4n) is 3.63. The van der Waals surface area contributed by atoms with Crippen LogP contribution in [0.1, 0.15) is 36.6 Å². The Morgan fingerprint density at radius 1 is 1.33 bits per heavy atom. The second-order valence-corrected chi connectivity index (χ2v) is 7.77. The zero-order valence-corrected chi connectivity index (χ0v) is 16.6. The molecule has 7 heteroatoms. The Labute approximate surface area is 164 Å². The molecule has 1 fully saturated rings. The molecule has 1 aromatic carbocycles. The summed E-state index contributed by atoms with van der Waals surface area (Å²) in [6, 6.07) is 8.44. The van der Waals surface area contributed by atoms with E-state index in [-0.39, 0.29) is 6.04 Å². The Hall–Kier alpha value is -2.28. The van der Waals surface area contributed by atoms with Crippen molar-refractivity contribution in [2.24, 2.45) is 4.99 Å². The molecule has 3 heterocycles. The van der Waals surface area contributed by atoms with Gasteiger partial charge in [0.05, 0.1) is 18.3 Å². The van der Waals surface area contributed by atoms with Crippen LogP contribution in [0.15, 0.2) is 34.6 Å². The van der Waals surface area contributed by atoms with E-state index in [0.29, 0.717) is 0 Å². The molecule has 144 valence electrons. The van der Waals surface area contributed by atoms with Crippen LogP contribution in [0.25, 0.3) is 0 Å². The minimum absolute atomic E-state index is 0.224. The van der Waals surface area contributed by atoms with Crippen molar-refractivity contribution in [3.05, 3.63) is 40.9 Å². The number of guanidine groups is 1. The van der Waals surface area contributed by atoms with Crippen LogP contribution in [0.3, 0.4) is 0 Å². The first-order chi connectivity index (χ1) is 13.3. The van der Waals surface area contributed by atoms with Gasteiger partial charge in [-0.3, -0.25) is 4.99 Å². The van der Waals surface area contributed by atoms with E-state index in [0.717, 1.165) is 56.5 Å². The van der Waals surface area contributed by atoms with Crippen molar-refractivity contribution in [1.82, 2.24) is 15.6 Å². The lowest BCUT2D eigenvalue weighted by molar-refractivity contribution is 0.261. The van der Waals surface area contributed by atoms with E-state index in [1.54, 1.807) is 11.3 Å². The van der Waals surface area contributed by atoms with Gasteiger partial charge in [0, 0.05) is 50.5 Å². The van der Waals surface area contributed by atoms with Crippen LogP contribution in [-0.4, -0.2) is 44.2 Å². The maximum Gasteiger partial charge on any atom is 0.191 e. The fourth-order valence-corrected chi connectivity index (χ4v) is 4.54. The van der Waals surface area contributed by atoms with Crippen LogP contribution in [0, 0.1) is 0 Å². The Morgan fingerprint density at radius 3 is 3.04 bits per heavy atom. The van der Waals surface area contributed by atoms with Crippen molar-refractivity contribution in [1.29, 1.82) is 0 Å². The van der Waals surface area contributed by atoms with Crippen molar-refractivity contribution in [2.45, 2.75) is 31.7 Å². The van der Waals surface area contributed by atoms with Gasteiger partial charge in [0.2, 0.25) is 0 Å². The molecular weight excluding hydrogens is 358 g/mol. The third-order valence-electron chi connectivity index (χ3n) is 5.08. The zero-order chi connectivity index (χ0) is 18.5. The number of fused-ring (bicyclic) bond motifs is 1. The Balaban J connectivity index is 1.29. The van der Waals surface area contributed by atoms with Gasteiger partial charge in [0.15, 0.2) is 11.1 Å². The van der Waals surface area contributed by atoms with Gasteiger partial charge in [-0.1, -0.05) is 18.2 Å². The number of aromatic nitrogens is 1. The van der Waals surface area contributed by atoms with E-state index >= 15 is 0 Å². The third kappa shape index (κ3) is 4.35. The molecule has 2 N–H and O–H groups in total. The van der Waals surface area contributed by atoms with Crippen LogP contribution in [0.5, 0.6) is 5.75 Å². The summed E-state index contributed by atoms with van der Waals surface area (Å²) >= 11 is 1.76. The highest BCUT2D eigenvalue weighted by Crippen LogP contribution is 2.31. The Bertz CT molecular complexity index is 784. The van der Waals surface area contributed by atoms with Crippen molar-refractivity contribution in [3.8, 4) is 5.75 Å². The molecule has 0 bridgehead atoms. The lowest BCUT2D eigenvalue weighted by Crippen LogP contribution is -2.41. The topological polar surface area (TPSA) is 61.8 Å². The maximum atomic E-state index is 5.74. The lowest BCUT2D eigenvalue weighted by Gasteiger charge is -2.28. The highest BCUT2D eigenvalue weighted by atomic mass is 32.1. The number of nitrogens with zero attached hydrogens (tertiary/aromatic N) is 3. The molecule has 2 aliphatic rings. The van der Waals surface area contributed by atoms with E-state index in [1.807, 2.05) is 19.2 Å². The van der Waals surface area contributed by atoms with Gasteiger partial charge in [-0.2, -0.15) is 0 Å². The first kappa shape index (κ1) is 18.1. The van der Waals surface area contributed by atoms with E-state index in [4.69, 9.17) is 9.72 Å². The quantitative estimate of drug-likeness (QED) is 0.612. The van der Waals surface area contributed by atoms with Gasteiger partial charge in [0.25, 0.3) is 0 Å². The van der Waals surface area contributed by atoms with Crippen LogP contribution in [-0.2, 0) is 6.42 Å². The second-order valence-electron chi connectivity index (χ2n) is 6.94. The molecule has 1 atom stereocenters. The van der Waals surface area contributed by atoms with Crippen molar-refractivity contribution >= 4 is 22.4 Å². The molecule has 0 amide bonds. The molecule has 6 nitrogen and oxygen atoms in total. The smallest absolute Gasteiger partial charge is 0.191 e. The molecule has 4 rings (SSSR count). The molecule has 0 spiro atoms. The lowest BCUT2D eigenvalue weighted by atomic mass is 10.0. The third-order valence-corrected chi connectivity index (χ3v) is 6.03. The summed E-state index contributed by atoms with van der Waals surface area (Å²) in [5.74, 6) is 1.79. The summed E-state index contributed by atoms with van der Waals surface area (Å²) in [4.78, 5) is 11.6. The summed E-state index contributed by atoms with van der Waals surface area (Å²) in [5.41, 5.74) is 2.35. The fraction of sp³-hybridized carbons (Fsp3) is 0.500. The molecule has 2 aromatic rings. The minimum atomic E-state index is 0.224. The predicted molar refractivity (Wildman–Crippen MR) is 111 cm³/mol. The van der Waals surface area contributed by atoms with Crippen LogP contribution in [0.2, 0.25) is 0 Å². The molecule has 1 unspecified atom stereocenters.